The number of rotatable bonds is 5. The molecule has 1 aliphatic heterocycles. The van der Waals surface area contributed by atoms with Gasteiger partial charge in [0.05, 0.1) is 12.5 Å². The van der Waals surface area contributed by atoms with Crippen molar-refractivity contribution in [1.29, 1.82) is 0 Å². The predicted molar refractivity (Wildman–Crippen MR) is 99.5 cm³/mol. The lowest BCUT2D eigenvalue weighted by Gasteiger charge is -2.16. The fraction of sp³-hybridized carbons (Fsp3) is 0.300. The maximum Gasteiger partial charge on any atom is 0.225 e. The van der Waals surface area contributed by atoms with Crippen molar-refractivity contribution in [2.75, 3.05) is 6.54 Å². The van der Waals surface area contributed by atoms with Crippen molar-refractivity contribution < 1.29 is 9.59 Å². The second-order valence-corrected chi connectivity index (χ2v) is 6.92. The van der Waals surface area contributed by atoms with Crippen LogP contribution in [0.1, 0.15) is 23.4 Å². The number of nitrogens with one attached hydrogen (secondary N) is 1. The zero-order chi connectivity index (χ0) is 18.8. The molecule has 1 fully saturated rings. The first-order chi connectivity index (χ1) is 13.1. The number of hydrogen-bond donors (Lipinski definition) is 1. The van der Waals surface area contributed by atoms with Gasteiger partial charge in [-0.1, -0.05) is 35.9 Å². The summed E-state index contributed by atoms with van der Waals surface area (Å²) in [6, 6.07) is 13.7. The van der Waals surface area contributed by atoms with Gasteiger partial charge < -0.3 is 10.2 Å². The highest BCUT2D eigenvalue weighted by molar-refractivity contribution is 5.89. The number of benzene rings is 1. The highest BCUT2D eigenvalue weighted by Crippen LogP contribution is 2.20. The van der Waals surface area contributed by atoms with E-state index in [0.29, 0.717) is 18.9 Å². The van der Waals surface area contributed by atoms with Gasteiger partial charge >= 0.3 is 0 Å². The molecule has 138 valence electrons. The van der Waals surface area contributed by atoms with Gasteiger partial charge in [0, 0.05) is 25.7 Å². The molecule has 2 amide bonds. The Morgan fingerprint density at radius 3 is 2.81 bits per heavy atom. The van der Waals surface area contributed by atoms with Gasteiger partial charge in [0.1, 0.15) is 0 Å². The molecule has 1 aliphatic rings. The first-order valence-corrected chi connectivity index (χ1v) is 9.00. The van der Waals surface area contributed by atoms with E-state index in [-0.39, 0.29) is 30.7 Å². The summed E-state index contributed by atoms with van der Waals surface area (Å²) in [4.78, 5) is 26.6. The molecule has 0 spiro atoms. The van der Waals surface area contributed by atoms with Crippen LogP contribution in [0.5, 0.6) is 0 Å². The summed E-state index contributed by atoms with van der Waals surface area (Å²) < 4.78 is 1.84. The quantitative estimate of drug-likeness (QED) is 0.748. The molecular formula is C20H21N5O2. The Kier molecular flexibility index (Phi) is 4.58. The average molecular weight is 363 g/mol. The maximum atomic E-state index is 12.5. The monoisotopic (exact) mass is 363 g/mol. The first-order valence-electron chi connectivity index (χ1n) is 9.00. The number of carbonyl (C=O) groups is 2. The van der Waals surface area contributed by atoms with E-state index in [9.17, 15) is 9.59 Å². The Bertz CT molecular complexity index is 979. The number of nitrogens with zero attached hydrogens (tertiary/aromatic N) is 4. The van der Waals surface area contributed by atoms with Crippen molar-refractivity contribution in [3.8, 4) is 0 Å². The van der Waals surface area contributed by atoms with E-state index in [2.05, 4.69) is 15.5 Å². The molecule has 1 aromatic carbocycles. The van der Waals surface area contributed by atoms with Crippen molar-refractivity contribution in [1.82, 2.24) is 24.8 Å². The van der Waals surface area contributed by atoms with Crippen molar-refractivity contribution >= 4 is 17.5 Å². The van der Waals surface area contributed by atoms with Gasteiger partial charge in [-0.2, -0.15) is 0 Å². The molecule has 2 aromatic heterocycles. The number of aromatic nitrogens is 3. The van der Waals surface area contributed by atoms with E-state index < -0.39 is 0 Å². The van der Waals surface area contributed by atoms with Gasteiger partial charge in [0.25, 0.3) is 0 Å². The average Bonchev–Trinajstić information content (AvgIpc) is 3.25. The van der Waals surface area contributed by atoms with Crippen LogP contribution in [0.2, 0.25) is 0 Å². The van der Waals surface area contributed by atoms with E-state index in [0.717, 1.165) is 11.2 Å². The smallest absolute Gasteiger partial charge is 0.225 e. The molecule has 1 unspecified atom stereocenters. The van der Waals surface area contributed by atoms with E-state index in [4.69, 9.17) is 0 Å². The van der Waals surface area contributed by atoms with Gasteiger partial charge in [-0.3, -0.25) is 14.0 Å². The van der Waals surface area contributed by atoms with Crippen LogP contribution in [-0.4, -0.2) is 37.9 Å². The molecule has 7 heteroatoms. The zero-order valence-corrected chi connectivity index (χ0v) is 15.1. The van der Waals surface area contributed by atoms with Crippen LogP contribution in [0.15, 0.2) is 48.7 Å². The minimum atomic E-state index is -0.331. The standard InChI is InChI=1S/C20H21N5O2/c1-14-5-7-15(8-6-14)12-24-13-16(10-19(24)26)20(27)21-11-18-23-22-17-4-2-3-9-25(17)18/h2-9,16H,10-13H2,1H3,(H,21,27). The molecule has 0 saturated carbocycles. The summed E-state index contributed by atoms with van der Waals surface area (Å²) in [6.07, 6.45) is 2.11. The molecule has 3 heterocycles. The molecule has 0 aliphatic carbocycles. The zero-order valence-electron chi connectivity index (χ0n) is 15.1. The topological polar surface area (TPSA) is 79.6 Å². The maximum absolute atomic E-state index is 12.5. The van der Waals surface area contributed by atoms with E-state index in [1.807, 2.05) is 60.0 Å². The summed E-state index contributed by atoms with van der Waals surface area (Å²) in [6.45, 7) is 3.30. The van der Waals surface area contributed by atoms with E-state index >= 15 is 0 Å². The lowest BCUT2D eigenvalue weighted by atomic mass is 10.1. The third-order valence-corrected chi connectivity index (χ3v) is 4.88. The third-order valence-electron chi connectivity index (χ3n) is 4.88. The lowest BCUT2D eigenvalue weighted by Crippen LogP contribution is -2.33. The summed E-state index contributed by atoms with van der Waals surface area (Å²) in [5, 5.41) is 11.1. The molecule has 1 saturated heterocycles. The second-order valence-electron chi connectivity index (χ2n) is 6.92. The van der Waals surface area contributed by atoms with E-state index in [1.54, 1.807) is 4.90 Å². The molecule has 4 rings (SSSR count). The lowest BCUT2D eigenvalue weighted by molar-refractivity contribution is -0.129. The summed E-state index contributed by atoms with van der Waals surface area (Å²) in [5.41, 5.74) is 3.00. The molecular weight excluding hydrogens is 342 g/mol. The van der Waals surface area contributed by atoms with Crippen LogP contribution in [0, 0.1) is 12.8 Å². The van der Waals surface area contributed by atoms with Crippen LogP contribution < -0.4 is 5.32 Å². The number of fused-ring (bicyclic) bond motifs is 1. The Morgan fingerprint density at radius 2 is 2.00 bits per heavy atom. The normalized spacial score (nSPS) is 16.9. The summed E-state index contributed by atoms with van der Waals surface area (Å²) in [7, 11) is 0. The molecule has 0 radical (unpaired) electrons. The number of carbonyl (C=O) groups excluding carboxylic acids is 2. The summed E-state index contributed by atoms with van der Waals surface area (Å²) in [5.74, 6) is 0.230. The highest BCUT2D eigenvalue weighted by atomic mass is 16.2. The van der Waals surface area contributed by atoms with Crippen LogP contribution in [0.25, 0.3) is 5.65 Å². The van der Waals surface area contributed by atoms with Crippen LogP contribution in [0.4, 0.5) is 0 Å². The number of likely N-dealkylation sites (tertiary alicyclic amines) is 1. The predicted octanol–water partition coefficient (Wildman–Crippen LogP) is 1.70. The van der Waals surface area contributed by atoms with Crippen molar-refractivity contribution in [3.05, 3.63) is 65.6 Å². The van der Waals surface area contributed by atoms with Crippen molar-refractivity contribution in [2.45, 2.75) is 26.4 Å². The van der Waals surface area contributed by atoms with Gasteiger partial charge in [0.2, 0.25) is 11.8 Å². The second kappa shape index (κ2) is 7.19. The van der Waals surface area contributed by atoms with Crippen molar-refractivity contribution in [2.24, 2.45) is 5.92 Å². The number of aryl methyl sites for hydroxylation is 1. The summed E-state index contributed by atoms with van der Waals surface area (Å²) >= 11 is 0. The first kappa shape index (κ1) is 17.2. The Balaban J connectivity index is 1.35. The fourth-order valence-electron chi connectivity index (χ4n) is 3.34. The van der Waals surface area contributed by atoms with Crippen LogP contribution in [-0.2, 0) is 22.7 Å². The van der Waals surface area contributed by atoms with Gasteiger partial charge in [0.15, 0.2) is 11.5 Å². The minimum absolute atomic E-state index is 0.0173. The fourth-order valence-corrected chi connectivity index (χ4v) is 3.34. The Morgan fingerprint density at radius 1 is 1.19 bits per heavy atom. The van der Waals surface area contributed by atoms with Gasteiger partial charge in [-0.05, 0) is 24.6 Å². The molecule has 1 N–H and O–H groups in total. The molecule has 3 aromatic rings. The Hall–Kier alpha value is -3.22. The number of amides is 2. The molecule has 7 nitrogen and oxygen atoms in total. The Labute approximate surface area is 157 Å². The highest BCUT2D eigenvalue weighted by Gasteiger charge is 2.34. The molecule has 1 atom stereocenters. The van der Waals surface area contributed by atoms with E-state index in [1.165, 1.54) is 5.56 Å². The minimum Gasteiger partial charge on any atom is -0.348 e. The number of hydrogen-bond acceptors (Lipinski definition) is 4. The van der Waals surface area contributed by atoms with Crippen molar-refractivity contribution in [3.63, 3.8) is 0 Å². The molecule has 27 heavy (non-hydrogen) atoms. The molecule has 0 bridgehead atoms. The SMILES string of the molecule is Cc1ccc(CN2CC(C(=O)NCc3nnc4ccccn34)CC2=O)cc1. The number of pyridine rings is 1. The largest absolute Gasteiger partial charge is 0.348 e. The van der Waals surface area contributed by atoms with Gasteiger partial charge in [-0.15, -0.1) is 10.2 Å². The van der Waals surface area contributed by atoms with Crippen LogP contribution in [0.3, 0.4) is 0 Å². The third kappa shape index (κ3) is 3.67. The van der Waals surface area contributed by atoms with Crippen LogP contribution >= 0.6 is 0 Å². The van der Waals surface area contributed by atoms with Gasteiger partial charge in [-0.25, -0.2) is 0 Å².